The lowest BCUT2D eigenvalue weighted by Gasteiger charge is -2.10. The van der Waals surface area contributed by atoms with Crippen LogP contribution in [0.25, 0.3) is 49.7 Å². The van der Waals surface area contributed by atoms with E-state index in [2.05, 4.69) is 142 Å². The minimum absolute atomic E-state index is 1.09. The monoisotopic (exact) mass is 473 g/mol. The average Bonchev–Trinajstić information content (AvgIpc) is 3.18. The molecule has 0 aliphatic rings. The lowest BCUT2D eigenvalue weighted by Crippen LogP contribution is -1.93. The van der Waals surface area contributed by atoms with Crippen LogP contribution in [0.5, 0.6) is 0 Å². The molecule has 0 bridgehead atoms. The van der Waals surface area contributed by atoms with Gasteiger partial charge < -0.3 is 4.57 Å². The van der Waals surface area contributed by atoms with Crippen LogP contribution in [0.3, 0.4) is 0 Å². The predicted octanol–water partition coefficient (Wildman–Crippen LogP) is 8.88. The van der Waals surface area contributed by atoms with Crippen molar-refractivity contribution in [3.05, 3.63) is 126 Å². The summed E-state index contributed by atoms with van der Waals surface area (Å²) in [6.07, 6.45) is 0. The summed E-state index contributed by atoms with van der Waals surface area (Å²) in [7, 11) is 0. The first kappa shape index (κ1) is 19.1. The van der Waals surface area contributed by atoms with E-state index < -0.39 is 0 Å². The molecule has 0 N–H and O–H groups in total. The van der Waals surface area contributed by atoms with E-state index in [1.807, 2.05) is 0 Å². The standard InChI is InChI=1S/C30H20BrN/c31-25-14-18-30-28(20-25)27-19-24(22-9-5-2-6-10-22)13-17-29(27)32(30)26-15-11-23(12-16-26)21-7-3-1-4-8-21/h1-20H. The van der Waals surface area contributed by atoms with Gasteiger partial charge in [-0.05, 0) is 64.7 Å². The maximum absolute atomic E-state index is 3.67. The summed E-state index contributed by atoms with van der Waals surface area (Å²) >= 11 is 3.67. The third-order valence-electron chi connectivity index (χ3n) is 6.07. The normalized spacial score (nSPS) is 11.3. The van der Waals surface area contributed by atoms with Gasteiger partial charge in [0.05, 0.1) is 11.0 Å². The highest BCUT2D eigenvalue weighted by atomic mass is 79.9. The first-order valence-electron chi connectivity index (χ1n) is 10.7. The summed E-state index contributed by atoms with van der Waals surface area (Å²) < 4.78 is 3.45. The Morgan fingerprint density at radius 2 is 0.938 bits per heavy atom. The van der Waals surface area contributed by atoms with E-state index in [1.165, 1.54) is 49.7 Å². The van der Waals surface area contributed by atoms with Crippen LogP contribution in [0.1, 0.15) is 0 Å². The Balaban J connectivity index is 1.56. The molecule has 0 saturated carbocycles. The molecule has 0 aliphatic carbocycles. The molecule has 2 heteroatoms. The fraction of sp³-hybridized carbons (Fsp3) is 0. The van der Waals surface area contributed by atoms with Crippen molar-refractivity contribution >= 4 is 37.7 Å². The molecule has 152 valence electrons. The van der Waals surface area contributed by atoms with Crippen molar-refractivity contribution in [2.45, 2.75) is 0 Å². The quantitative estimate of drug-likeness (QED) is 0.241. The van der Waals surface area contributed by atoms with Crippen molar-refractivity contribution < 1.29 is 0 Å². The van der Waals surface area contributed by atoms with Crippen molar-refractivity contribution in [2.75, 3.05) is 0 Å². The second kappa shape index (κ2) is 7.81. The van der Waals surface area contributed by atoms with Gasteiger partial charge in [-0.3, -0.25) is 0 Å². The molecule has 0 saturated heterocycles. The van der Waals surface area contributed by atoms with Crippen LogP contribution in [0.4, 0.5) is 0 Å². The lowest BCUT2D eigenvalue weighted by molar-refractivity contribution is 1.18. The van der Waals surface area contributed by atoms with Crippen molar-refractivity contribution in [1.82, 2.24) is 4.57 Å². The third kappa shape index (κ3) is 3.24. The van der Waals surface area contributed by atoms with Gasteiger partial charge in [0.25, 0.3) is 0 Å². The maximum Gasteiger partial charge on any atom is 0.0541 e. The number of hydrogen-bond donors (Lipinski definition) is 0. The van der Waals surface area contributed by atoms with E-state index >= 15 is 0 Å². The molecule has 0 atom stereocenters. The highest BCUT2D eigenvalue weighted by Gasteiger charge is 2.14. The molecule has 0 spiro atoms. The first-order chi connectivity index (χ1) is 15.8. The molecule has 0 radical (unpaired) electrons. The van der Waals surface area contributed by atoms with Crippen LogP contribution >= 0.6 is 15.9 Å². The SMILES string of the molecule is Brc1ccc2c(c1)c1cc(-c3ccccc3)ccc1n2-c1ccc(-c2ccccc2)cc1. The summed E-state index contributed by atoms with van der Waals surface area (Å²) in [6, 6.07) is 43.3. The van der Waals surface area contributed by atoms with Crippen LogP contribution in [0.2, 0.25) is 0 Å². The van der Waals surface area contributed by atoms with E-state index in [0.29, 0.717) is 0 Å². The summed E-state index contributed by atoms with van der Waals surface area (Å²) in [5.41, 5.74) is 8.52. The Kier molecular flexibility index (Phi) is 4.66. The fourth-order valence-electron chi connectivity index (χ4n) is 4.52. The molecule has 32 heavy (non-hydrogen) atoms. The van der Waals surface area contributed by atoms with Gasteiger partial charge in [0, 0.05) is 20.9 Å². The fourth-order valence-corrected chi connectivity index (χ4v) is 4.88. The molecule has 1 nitrogen and oxygen atoms in total. The molecular formula is C30H20BrN. The third-order valence-corrected chi connectivity index (χ3v) is 6.56. The number of rotatable bonds is 3. The van der Waals surface area contributed by atoms with Crippen LogP contribution in [0.15, 0.2) is 126 Å². The molecule has 6 aromatic rings. The van der Waals surface area contributed by atoms with E-state index in [0.717, 1.165) is 4.47 Å². The second-order valence-corrected chi connectivity index (χ2v) is 8.92. The topological polar surface area (TPSA) is 4.93 Å². The number of aromatic nitrogens is 1. The highest BCUT2D eigenvalue weighted by Crippen LogP contribution is 2.36. The Morgan fingerprint density at radius 3 is 1.59 bits per heavy atom. The van der Waals surface area contributed by atoms with Gasteiger partial charge in [0.15, 0.2) is 0 Å². The van der Waals surface area contributed by atoms with E-state index in [1.54, 1.807) is 0 Å². The summed E-state index contributed by atoms with van der Waals surface area (Å²) in [5, 5.41) is 2.51. The first-order valence-corrected chi connectivity index (χ1v) is 11.5. The molecule has 0 fully saturated rings. The Bertz CT molecular complexity index is 1550. The Labute approximate surface area is 195 Å². The smallest absolute Gasteiger partial charge is 0.0541 e. The highest BCUT2D eigenvalue weighted by molar-refractivity contribution is 9.10. The van der Waals surface area contributed by atoms with Crippen molar-refractivity contribution in [1.29, 1.82) is 0 Å². The Hall–Kier alpha value is -3.62. The molecule has 0 unspecified atom stereocenters. The van der Waals surface area contributed by atoms with E-state index in [9.17, 15) is 0 Å². The minimum atomic E-state index is 1.09. The van der Waals surface area contributed by atoms with Gasteiger partial charge in [-0.2, -0.15) is 0 Å². The van der Waals surface area contributed by atoms with Crippen LogP contribution in [-0.2, 0) is 0 Å². The van der Waals surface area contributed by atoms with Gasteiger partial charge in [0.1, 0.15) is 0 Å². The van der Waals surface area contributed by atoms with Gasteiger partial charge in [-0.25, -0.2) is 0 Å². The maximum atomic E-state index is 3.67. The van der Waals surface area contributed by atoms with Crippen molar-refractivity contribution in [2.24, 2.45) is 0 Å². The van der Waals surface area contributed by atoms with E-state index in [4.69, 9.17) is 0 Å². The summed E-state index contributed by atoms with van der Waals surface area (Å²) in [5.74, 6) is 0. The molecule has 1 aromatic heterocycles. The van der Waals surface area contributed by atoms with Crippen LogP contribution in [-0.4, -0.2) is 4.57 Å². The van der Waals surface area contributed by atoms with Gasteiger partial charge >= 0.3 is 0 Å². The van der Waals surface area contributed by atoms with Crippen molar-refractivity contribution in [3.8, 4) is 27.9 Å². The molecule has 0 aliphatic heterocycles. The predicted molar refractivity (Wildman–Crippen MR) is 139 cm³/mol. The minimum Gasteiger partial charge on any atom is -0.309 e. The van der Waals surface area contributed by atoms with Crippen LogP contribution in [0, 0.1) is 0 Å². The molecule has 1 heterocycles. The van der Waals surface area contributed by atoms with Gasteiger partial charge in [-0.1, -0.05) is 94.8 Å². The van der Waals surface area contributed by atoms with Crippen molar-refractivity contribution in [3.63, 3.8) is 0 Å². The van der Waals surface area contributed by atoms with E-state index in [-0.39, 0.29) is 0 Å². The number of fused-ring (bicyclic) bond motifs is 3. The largest absolute Gasteiger partial charge is 0.309 e. The molecule has 6 rings (SSSR count). The number of hydrogen-bond acceptors (Lipinski definition) is 0. The van der Waals surface area contributed by atoms with Gasteiger partial charge in [-0.15, -0.1) is 0 Å². The lowest BCUT2D eigenvalue weighted by atomic mass is 10.0. The summed E-state index contributed by atoms with van der Waals surface area (Å²) in [4.78, 5) is 0. The average molecular weight is 474 g/mol. The Morgan fingerprint density at radius 1 is 0.438 bits per heavy atom. The van der Waals surface area contributed by atoms with Crippen LogP contribution < -0.4 is 0 Å². The second-order valence-electron chi connectivity index (χ2n) is 8.01. The molecule has 5 aromatic carbocycles. The summed E-state index contributed by atoms with van der Waals surface area (Å²) in [6.45, 7) is 0. The molecule has 0 amide bonds. The zero-order valence-corrected chi connectivity index (χ0v) is 19.0. The van der Waals surface area contributed by atoms with Gasteiger partial charge in [0.2, 0.25) is 0 Å². The number of halogens is 1. The zero-order chi connectivity index (χ0) is 21.5. The number of benzene rings is 5. The number of nitrogens with zero attached hydrogens (tertiary/aromatic N) is 1. The molecular weight excluding hydrogens is 454 g/mol. The zero-order valence-electron chi connectivity index (χ0n) is 17.4.